The van der Waals surface area contributed by atoms with Gasteiger partial charge in [-0.3, -0.25) is 14.5 Å². The Hall–Kier alpha value is -2.07. The maximum atomic E-state index is 13.8. The van der Waals surface area contributed by atoms with Crippen LogP contribution in [0, 0.1) is 3.57 Å². The Morgan fingerprint density at radius 3 is 2.00 bits per heavy atom. The molecule has 0 fully saturated rings. The number of carbonyl (C=O) groups excluding carboxylic acids is 2. The van der Waals surface area contributed by atoms with E-state index in [4.69, 9.17) is 34.8 Å². The maximum Gasteiger partial charge on any atom is 0.399 e. The highest BCUT2D eigenvalue weighted by Gasteiger charge is 2.39. The summed E-state index contributed by atoms with van der Waals surface area (Å²) in [5.41, 5.74) is 1.78. The Labute approximate surface area is 227 Å². The summed E-state index contributed by atoms with van der Waals surface area (Å²) in [5, 5.41) is -0.141. The molecule has 1 aliphatic heterocycles. The zero-order chi connectivity index (χ0) is 25.5. The maximum absolute atomic E-state index is 13.8. The van der Waals surface area contributed by atoms with Gasteiger partial charge in [-0.05, 0) is 69.6 Å². The molecule has 10 heteroatoms. The van der Waals surface area contributed by atoms with Crippen molar-refractivity contribution in [1.82, 2.24) is 4.90 Å². The average molecular weight is 651 g/mol. The van der Waals surface area contributed by atoms with E-state index in [0.29, 0.717) is 25.8 Å². The Balaban J connectivity index is 1.57. The number of hydrogen-bond acceptors (Lipinski definition) is 2. The van der Waals surface area contributed by atoms with Crippen LogP contribution in [-0.4, -0.2) is 22.9 Å². The number of allylic oxidation sites excluding steroid dienone is 1. The highest BCUT2D eigenvalue weighted by Crippen LogP contribution is 2.41. The van der Waals surface area contributed by atoms with Gasteiger partial charge in [-0.25, -0.2) is 0 Å². The molecule has 0 saturated carbocycles. The van der Waals surface area contributed by atoms with Crippen LogP contribution < -0.4 is 0 Å². The van der Waals surface area contributed by atoms with Crippen LogP contribution in [0.15, 0.2) is 60.7 Å². The molecule has 0 aliphatic carbocycles. The molecule has 0 N–H and O–H groups in total. The van der Waals surface area contributed by atoms with Gasteiger partial charge in [-0.2, -0.15) is 13.2 Å². The lowest BCUT2D eigenvalue weighted by Gasteiger charge is -2.18. The van der Waals surface area contributed by atoms with Crippen LogP contribution in [0.4, 0.5) is 13.2 Å². The van der Waals surface area contributed by atoms with Gasteiger partial charge in [0.25, 0.3) is 11.8 Å². The summed E-state index contributed by atoms with van der Waals surface area (Å²) in [7, 11) is 0. The highest BCUT2D eigenvalue weighted by atomic mass is 127. The molecule has 4 rings (SSSR count). The van der Waals surface area contributed by atoms with Crippen LogP contribution in [0.3, 0.4) is 0 Å². The molecule has 0 radical (unpaired) electrons. The second kappa shape index (κ2) is 10.1. The lowest BCUT2D eigenvalue weighted by atomic mass is 9.97. The van der Waals surface area contributed by atoms with Crippen LogP contribution in [0.5, 0.6) is 0 Å². The highest BCUT2D eigenvalue weighted by molar-refractivity contribution is 14.1. The summed E-state index contributed by atoms with van der Waals surface area (Å²) >= 11 is 19.8. The summed E-state index contributed by atoms with van der Waals surface area (Å²) < 4.78 is 42.1. The van der Waals surface area contributed by atoms with Crippen molar-refractivity contribution in [1.29, 1.82) is 0 Å². The molecule has 1 atom stereocenters. The number of fused-ring (bicyclic) bond motifs is 1. The van der Waals surface area contributed by atoms with Crippen molar-refractivity contribution in [3.63, 3.8) is 0 Å². The molecule has 35 heavy (non-hydrogen) atoms. The van der Waals surface area contributed by atoms with Crippen molar-refractivity contribution < 1.29 is 22.8 Å². The van der Waals surface area contributed by atoms with E-state index in [2.05, 4.69) is 0 Å². The van der Waals surface area contributed by atoms with E-state index in [1.807, 2.05) is 22.6 Å². The number of amides is 2. The van der Waals surface area contributed by atoms with Gasteiger partial charge in [0, 0.05) is 3.57 Å². The molecule has 0 aromatic heterocycles. The van der Waals surface area contributed by atoms with Crippen molar-refractivity contribution in [2.75, 3.05) is 0 Å². The van der Waals surface area contributed by atoms with Crippen molar-refractivity contribution >= 4 is 75.3 Å². The molecular formula is C25H14Cl3F3INO2. The molecule has 1 aliphatic rings. The van der Waals surface area contributed by atoms with E-state index in [-0.39, 0.29) is 39.0 Å². The number of rotatable bonds is 5. The quantitative estimate of drug-likeness (QED) is 0.158. The van der Waals surface area contributed by atoms with E-state index < -0.39 is 12.1 Å². The Bertz CT molecular complexity index is 1320. The monoisotopic (exact) mass is 649 g/mol. The normalized spacial score (nSPS) is 14.7. The zero-order valence-electron chi connectivity index (χ0n) is 17.5. The third-order valence-corrected chi connectivity index (χ3v) is 7.68. The molecule has 3 aromatic carbocycles. The van der Waals surface area contributed by atoms with Crippen LogP contribution in [0.2, 0.25) is 15.1 Å². The molecule has 1 unspecified atom stereocenters. The van der Waals surface area contributed by atoms with Gasteiger partial charge in [-0.15, -0.1) is 0 Å². The molecule has 180 valence electrons. The largest absolute Gasteiger partial charge is 0.399 e. The zero-order valence-corrected chi connectivity index (χ0v) is 22.0. The molecule has 2 amide bonds. The van der Waals surface area contributed by atoms with Crippen LogP contribution in [0.25, 0.3) is 6.08 Å². The van der Waals surface area contributed by atoms with Gasteiger partial charge in [0.1, 0.15) is 0 Å². The van der Waals surface area contributed by atoms with Gasteiger partial charge >= 0.3 is 6.18 Å². The van der Waals surface area contributed by atoms with Crippen LogP contribution in [0.1, 0.15) is 43.3 Å². The Kier molecular flexibility index (Phi) is 7.52. The fraction of sp³-hybridized carbons (Fsp3) is 0.120. The predicted octanol–water partition coefficient (Wildman–Crippen LogP) is 8.41. The molecule has 1 heterocycles. The number of halogens is 7. The Morgan fingerprint density at radius 1 is 0.914 bits per heavy atom. The van der Waals surface area contributed by atoms with Gasteiger partial charge in [0.05, 0.1) is 38.7 Å². The van der Waals surface area contributed by atoms with Gasteiger partial charge in [0.15, 0.2) is 0 Å². The molecular weight excluding hydrogens is 637 g/mol. The standard InChI is InChI=1S/C25H14Cl3F3INO2/c26-19-10-15(11-20(27)22(19)28)18(25(29,30)31)8-6-13-5-7-14(21(32)9-13)12-33-23(34)16-3-1-2-4-17(16)24(33)35/h1-11,18H,12H2/b8-6+. The molecule has 0 spiro atoms. The van der Waals surface area contributed by atoms with E-state index in [1.165, 1.54) is 6.08 Å². The number of imide groups is 1. The van der Waals surface area contributed by atoms with E-state index in [1.54, 1.807) is 42.5 Å². The first-order valence-corrected chi connectivity index (χ1v) is 12.3. The van der Waals surface area contributed by atoms with Crippen molar-refractivity contribution in [3.05, 3.63) is 107 Å². The second-order valence-electron chi connectivity index (χ2n) is 7.77. The molecule has 0 saturated heterocycles. The van der Waals surface area contributed by atoms with Crippen LogP contribution in [-0.2, 0) is 6.54 Å². The number of benzene rings is 3. The molecule has 3 aromatic rings. The van der Waals surface area contributed by atoms with Crippen LogP contribution >= 0.6 is 57.4 Å². The third-order valence-electron chi connectivity index (χ3n) is 5.48. The fourth-order valence-electron chi connectivity index (χ4n) is 3.72. The SMILES string of the molecule is O=C1c2ccccc2C(=O)N1Cc1ccc(/C=C/C(c2cc(Cl)c(Cl)c(Cl)c2)C(F)(F)F)cc1I. The first kappa shape index (κ1) is 26.0. The Morgan fingerprint density at radius 2 is 1.49 bits per heavy atom. The summed E-state index contributed by atoms with van der Waals surface area (Å²) in [5.74, 6) is -2.71. The van der Waals surface area contributed by atoms with Gasteiger partial charge < -0.3 is 0 Å². The topological polar surface area (TPSA) is 37.4 Å². The van der Waals surface area contributed by atoms with Gasteiger partial charge in [-0.1, -0.05) is 71.2 Å². The van der Waals surface area contributed by atoms with E-state index >= 15 is 0 Å². The van der Waals surface area contributed by atoms with E-state index in [0.717, 1.165) is 23.1 Å². The lowest BCUT2D eigenvalue weighted by Crippen LogP contribution is -2.29. The van der Waals surface area contributed by atoms with Crippen molar-refractivity contribution in [3.8, 4) is 0 Å². The minimum absolute atomic E-state index is 0.00908. The molecule has 3 nitrogen and oxygen atoms in total. The third kappa shape index (κ3) is 5.38. The average Bonchev–Trinajstić information content (AvgIpc) is 3.03. The van der Waals surface area contributed by atoms with Crippen molar-refractivity contribution in [2.24, 2.45) is 0 Å². The minimum Gasteiger partial charge on any atom is -0.270 e. The predicted molar refractivity (Wildman–Crippen MR) is 139 cm³/mol. The van der Waals surface area contributed by atoms with E-state index in [9.17, 15) is 22.8 Å². The first-order valence-electron chi connectivity index (χ1n) is 10.1. The number of alkyl halides is 3. The van der Waals surface area contributed by atoms with Gasteiger partial charge in [0.2, 0.25) is 0 Å². The van der Waals surface area contributed by atoms with Crippen molar-refractivity contribution in [2.45, 2.75) is 18.6 Å². The summed E-state index contributed by atoms with van der Waals surface area (Å²) in [6.07, 6.45) is -2.22. The minimum atomic E-state index is -4.59. The fourth-order valence-corrected chi connectivity index (χ4v) is 5.04. The molecule has 0 bridgehead atoms. The first-order chi connectivity index (χ1) is 16.5. The summed E-state index contributed by atoms with van der Waals surface area (Å²) in [6, 6.07) is 13.9. The number of carbonyl (C=O) groups is 2. The summed E-state index contributed by atoms with van der Waals surface area (Å²) in [6.45, 7) is 0.0571. The second-order valence-corrected chi connectivity index (χ2v) is 10.1. The summed E-state index contributed by atoms with van der Waals surface area (Å²) in [4.78, 5) is 26.4. The number of hydrogen-bond donors (Lipinski definition) is 0. The smallest absolute Gasteiger partial charge is 0.270 e. The number of nitrogens with zero attached hydrogens (tertiary/aromatic N) is 1. The lowest BCUT2D eigenvalue weighted by molar-refractivity contribution is -0.139.